The molecule has 0 aliphatic carbocycles. The van der Waals surface area contributed by atoms with Gasteiger partial charge in [-0.2, -0.15) is 0 Å². The molecule has 0 aliphatic rings. The SMILES string of the molecule is O=C(O)Cn1c(SCCCn2c(=O)[nH]c3ccccc3c2=O)nc2ccccc21. The smallest absolute Gasteiger partial charge is 0.328 e. The standard InChI is InChI=1S/C20H18N4O4S/c25-17(26)12-24-16-9-4-3-8-15(16)22-20(24)29-11-5-10-23-18(27)13-6-1-2-7-14(13)21-19(23)28/h1-4,6-9H,5,10-12H2,(H,21,28)(H,25,26). The number of carbonyl (C=O) groups is 1. The highest BCUT2D eigenvalue weighted by atomic mass is 32.2. The Morgan fingerprint density at radius 1 is 1.07 bits per heavy atom. The molecule has 148 valence electrons. The number of aromatic amines is 1. The highest BCUT2D eigenvalue weighted by Gasteiger charge is 2.13. The Morgan fingerprint density at radius 3 is 2.66 bits per heavy atom. The maximum absolute atomic E-state index is 12.6. The number of nitrogens with one attached hydrogen (secondary N) is 1. The number of carboxylic acids is 1. The van der Waals surface area contributed by atoms with Gasteiger partial charge in [0.1, 0.15) is 6.54 Å². The summed E-state index contributed by atoms with van der Waals surface area (Å²) in [6.07, 6.45) is 0.558. The van der Waals surface area contributed by atoms with Gasteiger partial charge in [-0.3, -0.25) is 14.2 Å². The van der Waals surface area contributed by atoms with E-state index in [0.717, 1.165) is 11.0 Å². The van der Waals surface area contributed by atoms with Gasteiger partial charge in [0.25, 0.3) is 5.56 Å². The number of benzene rings is 2. The van der Waals surface area contributed by atoms with E-state index in [1.807, 2.05) is 24.3 Å². The minimum Gasteiger partial charge on any atom is -0.480 e. The summed E-state index contributed by atoms with van der Waals surface area (Å²) in [5, 5.41) is 10.3. The maximum atomic E-state index is 12.6. The molecule has 0 aliphatic heterocycles. The van der Waals surface area contributed by atoms with Gasteiger partial charge >= 0.3 is 11.7 Å². The fourth-order valence-corrected chi connectivity index (χ4v) is 4.18. The molecule has 8 nitrogen and oxygen atoms in total. The van der Waals surface area contributed by atoms with Gasteiger partial charge in [-0.05, 0) is 30.7 Å². The van der Waals surface area contributed by atoms with Crippen LogP contribution in [0.1, 0.15) is 6.42 Å². The molecular formula is C20H18N4O4S. The lowest BCUT2D eigenvalue weighted by atomic mass is 10.2. The van der Waals surface area contributed by atoms with Crippen molar-refractivity contribution in [3.8, 4) is 0 Å². The van der Waals surface area contributed by atoms with Gasteiger partial charge in [-0.15, -0.1) is 0 Å². The third kappa shape index (κ3) is 3.81. The van der Waals surface area contributed by atoms with Crippen LogP contribution in [-0.2, 0) is 17.9 Å². The fraction of sp³-hybridized carbons (Fsp3) is 0.200. The average molecular weight is 410 g/mol. The summed E-state index contributed by atoms with van der Waals surface area (Å²) in [6, 6.07) is 14.3. The van der Waals surface area contributed by atoms with Gasteiger partial charge in [-0.25, -0.2) is 9.78 Å². The molecule has 0 saturated carbocycles. The van der Waals surface area contributed by atoms with E-state index in [9.17, 15) is 19.5 Å². The highest BCUT2D eigenvalue weighted by Crippen LogP contribution is 2.24. The Morgan fingerprint density at radius 2 is 1.83 bits per heavy atom. The van der Waals surface area contributed by atoms with Gasteiger partial charge < -0.3 is 14.7 Å². The first kappa shape index (κ1) is 19.0. The van der Waals surface area contributed by atoms with E-state index in [0.29, 0.717) is 28.2 Å². The summed E-state index contributed by atoms with van der Waals surface area (Å²) in [4.78, 5) is 43.3. The second kappa shape index (κ2) is 7.96. The fourth-order valence-electron chi connectivity index (χ4n) is 3.24. The highest BCUT2D eigenvalue weighted by molar-refractivity contribution is 7.99. The lowest BCUT2D eigenvalue weighted by molar-refractivity contribution is -0.137. The van der Waals surface area contributed by atoms with Gasteiger partial charge in [-0.1, -0.05) is 36.0 Å². The number of carboxylic acid groups (broad SMARTS) is 1. The van der Waals surface area contributed by atoms with Gasteiger partial charge in [0.05, 0.1) is 21.9 Å². The molecule has 29 heavy (non-hydrogen) atoms. The van der Waals surface area contributed by atoms with E-state index < -0.39 is 11.7 Å². The van der Waals surface area contributed by atoms with Crippen molar-refractivity contribution < 1.29 is 9.90 Å². The Balaban J connectivity index is 1.50. The predicted octanol–water partition coefficient (Wildman–Crippen LogP) is 2.31. The number of thioether (sulfide) groups is 1. The molecule has 9 heteroatoms. The number of para-hydroxylation sites is 3. The van der Waals surface area contributed by atoms with Crippen LogP contribution < -0.4 is 11.2 Å². The Kier molecular flexibility index (Phi) is 5.22. The first-order chi connectivity index (χ1) is 14.0. The molecule has 2 heterocycles. The first-order valence-corrected chi connectivity index (χ1v) is 10.0. The molecule has 0 fully saturated rings. The minimum absolute atomic E-state index is 0.174. The molecule has 2 aromatic carbocycles. The lowest BCUT2D eigenvalue weighted by Gasteiger charge is -2.07. The lowest BCUT2D eigenvalue weighted by Crippen LogP contribution is -2.35. The molecule has 0 bridgehead atoms. The molecule has 0 atom stereocenters. The van der Waals surface area contributed by atoms with Crippen LogP contribution in [0.2, 0.25) is 0 Å². The average Bonchev–Trinajstić information content (AvgIpc) is 3.04. The zero-order chi connectivity index (χ0) is 20.4. The van der Waals surface area contributed by atoms with Crippen molar-refractivity contribution in [1.82, 2.24) is 19.1 Å². The third-order valence-electron chi connectivity index (χ3n) is 4.56. The van der Waals surface area contributed by atoms with Crippen LogP contribution in [0.25, 0.3) is 21.9 Å². The second-order valence-corrected chi connectivity index (χ2v) is 7.56. The van der Waals surface area contributed by atoms with Gasteiger partial charge in [0, 0.05) is 12.3 Å². The molecule has 4 aromatic rings. The number of hydrogen-bond acceptors (Lipinski definition) is 5. The number of hydrogen-bond donors (Lipinski definition) is 2. The van der Waals surface area contributed by atoms with Crippen molar-refractivity contribution in [2.45, 2.75) is 24.7 Å². The van der Waals surface area contributed by atoms with Crippen LogP contribution in [-0.4, -0.2) is 35.9 Å². The van der Waals surface area contributed by atoms with Crippen molar-refractivity contribution in [3.05, 3.63) is 69.4 Å². The molecule has 0 unspecified atom stereocenters. The monoisotopic (exact) mass is 410 g/mol. The summed E-state index contributed by atoms with van der Waals surface area (Å²) >= 11 is 1.41. The Bertz CT molecular complexity index is 1320. The van der Waals surface area contributed by atoms with Crippen molar-refractivity contribution in [1.29, 1.82) is 0 Å². The summed E-state index contributed by atoms with van der Waals surface area (Å²) < 4.78 is 2.86. The van der Waals surface area contributed by atoms with Crippen molar-refractivity contribution >= 4 is 39.7 Å². The van der Waals surface area contributed by atoms with Gasteiger partial charge in [0.15, 0.2) is 5.16 Å². The number of aliphatic carboxylic acids is 1. The quantitative estimate of drug-likeness (QED) is 0.357. The predicted molar refractivity (Wildman–Crippen MR) is 112 cm³/mol. The van der Waals surface area contributed by atoms with E-state index in [1.54, 1.807) is 28.8 Å². The van der Waals surface area contributed by atoms with Crippen molar-refractivity contribution in [3.63, 3.8) is 0 Å². The van der Waals surface area contributed by atoms with E-state index in [1.165, 1.54) is 16.3 Å². The first-order valence-electron chi connectivity index (χ1n) is 9.06. The minimum atomic E-state index is -0.941. The zero-order valence-corrected chi connectivity index (χ0v) is 16.2. The van der Waals surface area contributed by atoms with Crippen LogP contribution in [0.3, 0.4) is 0 Å². The Hall–Kier alpha value is -3.33. The van der Waals surface area contributed by atoms with E-state index >= 15 is 0 Å². The van der Waals surface area contributed by atoms with E-state index in [-0.39, 0.29) is 18.6 Å². The van der Waals surface area contributed by atoms with E-state index in [4.69, 9.17) is 0 Å². The van der Waals surface area contributed by atoms with Crippen LogP contribution in [0, 0.1) is 0 Å². The molecule has 0 radical (unpaired) electrons. The van der Waals surface area contributed by atoms with Crippen LogP contribution >= 0.6 is 11.8 Å². The largest absolute Gasteiger partial charge is 0.480 e. The number of nitrogens with zero attached hydrogens (tertiary/aromatic N) is 3. The molecule has 0 saturated heterocycles. The summed E-state index contributed by atoms with van der Waals surface area (Å²) in [5.41, 5.74) is 1.28. The molecular weight excluding hydrogens is 392 g/mol. The number of aromatic nitrogens is 4. The second-order valence-electron chi connectivity index (χ2n) is 6.50. The molecule has 4 rings (SSSR count). The topological polar surface area (TPSA) is 110 Å². The molecule has 0 amide bonds. The summed E-state index contributed by atoms with van der Waals surface area (Å²) in [6.45, 7) is 0.0950. The van der Waals surface area contributed by atoms with Crippen LogP contribution in [0.15, 0.2) is 63.3 Å². The van der Waals surface area contributed by atoms with Crippen LogP contribution in [0.5, 0.6) is 0 Å². The molecule has 2 aromatic heterocycles. The number of H-pyrrole nitrogens is 1. The normalized spacial score (nSPS) is 11.3. The van der Waals surface area contributed by atoms with Crippen LogP contribution in [0.4, 0.5) is 0 Å². The zero-order valence-electron chi connectivity index (χ0n) is 15.4. The van der Waals surface area contributed by atoms with Crippen molar-refractivity contribution in [2.24, 2.45) is 0 Å². The summed E-state index contributed by atoms with van der Waals surface area (Å²) in [5.74, 6) is -0.356. The van der Waals surface area contributed by atoms with E-state index in [2.05, 4.69) is 9.97 Å². The number of imidazole rings is 1. The number of fused-ring (bicyclic) bond motifs is 2. The van der Waals surface area contributed by atoms with Crippen molar-refractivity contribution in [2.75, 3.05) is 5.75 Å². The summed E-state index contributed by atoms with van der Waals surface area (Å²) in [7, 11) is 0. The Labute approximate surface area is 168 Å². The maximum Gasteiger partial charge on any atom is 0.328 e. The molecule has 0 spiro atoms. The molecule has 2 N–H and O–H groups in total. The number of rotatable bonds is 7. The van der Waals surface area contributed by atoms with Gasteiger partial charge in [0.2, 0.25) is 0 Å². The third-order valence-corrected chi connectivity index (χ3v) is 5.62.